The Kier molecular flexibility index (Phi) is 4.71. The second kappa shape index (κ2) is 6.94. The number of halogens is 3. The van der Waals surface area contributed by atoms with Crippen LogP contribution in [0.5, 0.6) is 0 Å². The lowest BCUT2D eigenvalue weighted by molar-refractivity contribution is -0.136. The molecular weight excluding hydrogens is 367 g/mol. The summed E-state index contributed by atoms with van der Waals surface area (Å²) in [5.41, 5.74) is -0.207. The van der Waals surface area contributed by atoms with Crippen molar-refractivity contribution in [3.05, 3.63) is 71.5 Å². The maximum Gasteiger partial charge on any atom is 0.417 e. The van der Waals surface area contributed by atoms with Crippen LogP contribution in [0.3, 0.4) is 0 Å². The van der Waals surface area contributed by atoms with E-state index in [0.717, 1.165) is 12.6 Å². The molecule has 0 saturated carbocycles. The highest BCUT2D eigenvalue weighted by Crippen LogP contribution is 2.44. The van der Waals surface area contributed by atoms with Crippen molar-refractivity contribution in [2.24, 2.45) is 5.92 Å². The van der Waals surface area contributed by atoms with Gasteiger partial charge in [-0.2, -0.15) is 13.2 Å². The zero-order chi connectivity index (χ0) is 19.9. The van der Waals surface area contributed by atoms with Gasteiger partial charge in [-0.05, 0) is 24.1 Å². The highest BCUT2D eigenvalue weighted by Gasteiger charge is 2.43. The molecule has 1 aromatic heterocycles. The third-order valence-corrected chi connectivity index (χ3v) is 5.79. The van der Waals surface area contributed by atoms with Crippen LogP contribution in [0, 0.1) is 5.92 Å². The maximum atomic E-state index is 13.3. The van der Waals surface area contributed by atoms with E-state index in [9.17, 15) is 18.3 Å². The summed E-state index contributed by atoms with van der Waals surface area (Å²) < 4.78 is 45.3. The van der Waals surface area contributed by atoms with Gasteiger partial charge in [0.2, 0.25) is 0 Å². The number of alkyl halides is 3. The van der Waals surface area contributed by atoms with Gasteiger partial charge in [0.15, 0.2) is 0 Å². The molecule has 1 aliphatic heterocycles. The van der Waals surface area contributed by atoms with Crippen molar-refractivity contribution in [2.45, 2.75) is 31.7 Å². The molecule has 2 aromatic carbocycles. The summed E-state index contributed by atoms with van der Waals surface area (Å²) in [6.07, 6.45) is -2.78. The number of piperidine rings is 1. The Hall–Kier alpha value is -2.31. The maximum absolute atomic E-state index is 13.3. The van der Waals surface area contributed by atoms with Gasteiger partial charge in [0.25, 0.3) is 0 Å². The monoisotopic (exact) mass is 389 g/mol. The minimum absolute atomic E-state index is 0.00246. The van der Waals surface area contributed by atoms with Crippen molar-refractivity contribution in [1.29, 1.82) is 0 Å². The summed E-state index contributed by atoms with van der Waals surface area (Å²) >= 11 is 0. The first-order valence-electron chi connectivity index (χ1n) is 9.35. The van der Waals surface area contributed by atoms with E-state index in [2.05, 4.69) is 17.0 Å². The van der Waals surface area contributed by atoms with Crippen LogP contribution in [0.15, 0.2) is 59.2 Å². The number of furan rings is 1. The predicted molar refractivity (Wildman–Crippen MR) is 101 cm³/mol. The first-order valence-corrected chi connectivity index (χ1v) is 9.35. The summed E-state index contributed by atoms with van der Waals surface area (Å²) in [7, 11) is 0. The van der Waals surface area contributed by atoms with Crippen molar-refractivity contribution < 1.29 is 22.7 Å². The third-order valence-electron chi connectivity index (χ3n) is 5.79. The fourth-order valence-corrected chi connectivity index (χ4v) is 4.24. The normalized spacial score (nSPS) is 24.0. The molecule has 2 unspecified atom stereocenters. The SMILES string of the molecule is CC1CN(Cc2ccccc2)CCC1(O)c1ccc(C(F)(F)F)c2ccoc12. The van der Waals surface area contributed by atoms with Gasteiger partial charge in [-0.15, -0.1) is 0 Å². The van der Waals surface area contributed by atoms with Crippen molar-refractivity contribution in [1.82, 2.24) is 4.90 Å². The molecule has 1 fully saturated rings. The fourth-order valence-electron chi connectivity index (χ4n) is 4.24. The standard InChI is InChI=1S/C22H22F3NO2/c1-15-13-26(14-16-5-3-2-4-6-16)11-10-21(15,27)19-8-7-18(22(23,24)25)17-9-12-28-20(17)19/h2-9,12,15,27H,10-11,13-14H2,1H3. The Morgan fingerprint density at radius 2 is 1.89 bits per heavy atom. The lowest BCUT2D eigenvalue weighted by atomic mass is 9.76. The zero-order valence-electron chi connectivity index (χ0n) is 15.5. The molecule has 1 N–H and O–H groups in total. The van der Waals surface area contributed by atoms with Crippen LogP contribution < -0.4 is 0 Å². The Balaban J connectivity index is 1.62. The number of aliphatic hydroxyl groups is 1. The second-order valence-electron chi connectivity index (χ2n) is 7.62. The summed E-state index contributed by atoms with van der Waals surface area (Å²) in [6, 6.07) is 13.8. The molecule has 28 heavy (non-hydrogen) atoms. The van der Waals surface area contributed by atoms with Crippen LogP contribution in [0.1, 0.15) is 30.0 Å². The summed E-state index contributed by atoms with van der Waals surface area (Å²) in [6.45, 7) is 4.02. The molecule has 0 amide bonds. The molecule has 148 valence electrons. The van der Waals surface area contributed by atoms with Gasteiger partial charge in [0.1, 0.15) is 5.58 Å². The number of nitrogens with zero attached hydrogens (tertiary/aromatic N) is 1. The van der Waals surface area contributed by atoms with Crippen molar-refractivity contribution in [2.75, 3.05) is 13.1 Å². The molecular formula is C22H22F3NO2. The zero-order valence-corrected chi connectivity index (χ0v) is 15.5. The van der Waals surface area contributed by atoms with Gasteiger partial charge in [-0.1, -0.05) is 43.3 Å². The molecule has 1 saturated heterocycles. The van der Waals surface area contributed by atoms with Gasteiger partial charge < -0.3 is 9.52 Å². The van der Waals surface area contributed by atoms with E-state index in [0.29, 0.717) is 25.1 Å². The fraction of sp³-hybridized carbons (Fsp3) is 0.364. The van der Waals surface area contributed by atoms with Crippen molar-refractivity contribution >= 4 is 11.0 Å². The number of hydrogen-bond acceptors (Lipinski definition) is 3. The molecule has 1 aliphatic rings. The summed E-state index contributed by atoms with van der Waals surface area (Å²) in [5, 5.41) is 11.4. The van der Waals surface area contributed by atoms with Crippen LogP contribution in [0.2, 0.25) is 0 Å². The highest BCUT2D eigenvalue weighted by molar-refractivity contribution is 5.85. The van der Waals surface area contributed by atoms with Crippen molar-refractivity contribution in [3.63, 3.8) is 0 Å². The van der Waals surface area contributed by atoms with Crippen molar-refractivity contribution in [3.8, 4) is 0 Å². The molecule has 0 spiro atoms. The minimum atomic E-state index is -4.46. The van der Waals surface area contributed by atoms with E-state index in [1.165, 1.54) is 24.0 Å². The van der Waals surface area contributed by atoms with E-state index in [4.69, 9.17) is 4.42 Å². The number of hydrogen-bond donors (Lipinski definition) is 1. The molecule has 2 atom stereocenters. The van der Waals surface area contributed by atoms with Gasteiger partial charge in [-0.3, -0.25) is 4.90 Å². The lowest BCUT2D eigenvalue weighted by Gasteiger charge is -2.43. The first kappa shape index (κ1) is 19.0. The number of fused-ring (bicyclic) bond motifs is 1. The Morgan fingerprint density at radius 3 is 2.57 bits per heavy atom. The number of benzene rings is 2. The topological polar surface area (TPSA) is 36.6 Å². The largest absolute Gasteiger partial charge is 0.464 e. The molecule has 0 bridgehead atoms. The number of likely N-dealkylation sites (tertiary alicyclic amines) is 1. The molecule has 3 nitrogen and oxygen atoms in total. The van der Waals surface area contributed by atoms with Gasteiger partial charge >= 0.3 is 6.18 Å². The molecule has 0 aliphatic carbocycles. The third kappa shape index (κ3) is 3.31. The van der Waals surface area contributed by atoms with Gasteiger partial charge in [0, 0.05) is 36.5 Å². The summed E-state index contributed by atoms with van der Waals surface area (Å²) in [4.78, 5) is 2.26. The van der Waals surface area contributed by atoms with Crippen LogP contribution in [-0.4, -0.2) is 23.1 Å². The highest BCUT2D eigenvalue weighted by atomic mass is 19.4. The minimum Gasteiger partial charge on any atom is -0.464 e. The summed E-state index contributed by atoms with van der Waals surface area (Å²) in [5.74, 6) is -0.157. The van der Waals surface area contributed by atoms with Gasteiger partial charge in [0.05, 0.1) is 17.4 Å². The molecule has 3 aromatic rings. The Bertz CT molecular complexity index is 967. The average Bonchev–Trinajstić information content (AvgIpc) is 3.13. The second-order valence-corrected chi connectivity index (χ2v) is 7.62. The quantitative estimate of drug-likeness (QED) is 0.671. The van der Waals surface area contributed by atoms with Crippen LogP contribution in [0.4, 0.5) is 13.2 Å². The van der Waals surface area contributed by atoms with E-state index < -0.39 is 17.3 Å². The van der Waals surface area contributed by atoms with Crippen LogP contribution in [0.25, 0.3) is 11.0 Å². The average molecular weight is 389 g/mol. The van der Waals surface area contributed by atoms with E-state index in [1.807, 2.05) is 25.1 Å². The molecule has 2 heterocycles. The molecule has 4 rings (SSSR count). The first-order chi connectivity index (χ1) is 13.3. The molecule has 0 radical (unpaired) electrons. The van der Waals surface area contributed by atoms with Gasteiger partial charge in [-0.25, -0.2) is 0 Å². The lowest BCUT2D eigenvalue weighted by Crippen LogP contribution is -2.48. The Labute approximate surface area is 161 Å². The van der Waals surface area contributed by atoms with E-state index in [-0.39, 0.29) is 16.9 Å². The van der Waals surface area contributed by atoms with E-state index in [1.54, 1.807) is 0 Å². The smallest absolute Gasteiger partial charge is 0.417 e. The van der Waals surface area contributed by atoms with Crippen LogP contribution >= 0.6 is 0 Å². The number of rotatable bonds is 3. The van der Waals surface area contributed by atoms with E-state index >= 15 is 0 Å². The molecule has 6 heteroatoms. The predicted octanol–water partition coefficient (Wildman–Crippen LogP) is 5.18. The van der Waals surface area contributed by atoms with Crippen LogP contribution in [-0.2, 0) is 18.3 Å². The Morgan fingerprint density at radius 1 is 1.14 bits per heavy atom.